The van der Waals surface area contributed by atoms with Crippen molar-refractivity contribution >= 4 is 28.2 Å². The number of nitro groups is 1. The number of fused-ring (bicyclic) bond motifs is 1. The molecule has 0 unspecified atom stereocenters. The zero-order valence-corrected chi connectivity index (χ0v) is 16.9. The Morgan fingerprint density at radius 1 is 1.19 bits per heavy atom. The summed E-state index contributed by atoms with van der Waals surface area (Å²) < 4.78 is 24.3. The highest BCUT2D eigenvalue weighted by Crippen LogP contribution is 2.35. The van der Waals surface area contributed by atoms with Crippen molar-refractivity contribution in [3.8, 4) is 22.8 Å². The van der Waals surface area contributed by atoms with E-state index >= 15 is 0 Å². The van der Waals surface area contributed by atoms with Crippen LogP contribution in [0.4, 0.5) is 21.7 Å². The molecule has 4 aromatic rings. The van der Waals surface area contributed by atoms with E-state index < -0.39 is 16.4 Å². The molecule has 158 valence electrons. The lowest BCUT2D eigenvalue weighted by molar-refractivity contribution is -0.387. The minimum absolute atomic E-state index is 0.0908. The number of nitrogens with one attached hydrogen (secondary N) is 2. The van der Waals surface area contributed by atoms with Crippen LogP contribution in [-0.2, 0) is 0 Å². The quantitative estimate of drug-likeness (QED) is 0.340. The molecular formula is C21H18FN5O4. The van der Waals surface area contributed by atoms with Crippen LogP contribution < -0.4 is 14.8 Å². The SMILES string of the molecule is COc1ccc2c(-c3nc(Nc4cc([N+](=O)[O-])c(F)cc4OC)ncc3C)c[nH]c2c1. The highest BCUT2D eigenvalue weighted by molar-refractivity contribution is 5.96. The van der Waals surface area contributed by atoms with Crippen molar-refractivity contribution in [1.29, 1.82) is 0 Å². The normalized spacial score (nSPS) is 10.8. The van der Waals surface area contributed by atoms with Crippen LogP contribution in [0.3, 0.4) is 0 Å². The zero-order valence-electron chi connectivity index (χ0n) is 16.9. The fourth-order valence-corrected chi connectivity index (χ4v) is 3.27. The first-order chi connectivity index (χ1) is 14.9. The number of nitro benzene ring substituents is 1. The van der Waals surface area contributed by atoms with E-state index in [1.165, 1.54) is 7.11 Å². The minimum atomic E-state index is -0.993. The van der Waals surface area contributed by atoms with Crippen LogP contribution in [0, 0.1) is 22.9 Å². The molecule has 2 aromatic heterocycles. The van der Waals surface area contributed by atoms with Gasteiger partial charge >= 0.3 is 5.69 Å². The lowest BCUT2D eigenvalue weighted by Crippen LogP contribution is -2.03. The molecule has 0 spiro atoms. The number of ether oxygens (including phenoxy) is 2. The van der Waals surface area contributed by atoms with Crippen LogP contribution in [0.25, 0.3) is 22.2 Å². The number of nitrogens with zero attached hydrogens (tertiary/aromatic N) is 3. The van der Waals surface area contributed by atoms with Crippen LogP contribution in [-0.4, -0.2) is 34.1 Å². The Hall–Kier alpha value is -4.21. The van der Waals surface area contributed by atoms with Gasteiger partial charge in [0.2, 0.25) is 11.8 Å². The molecule has 4 rings (SSSR count). The summed E-state index contributed by atoms with van der Waals surface area (Å²) in [5.41, 5.74) is 2.74. The highest BCUT2D eigenvalue weighted by atomic mass is 19.1. The second-order valence-corrected chi connectivity index (χ2v) is 6.73. The number of methoxy groups -OCH3 is 2. The van der Waals surface area contributed by atoms with Gasteiger partial charge in [0.05, 0.1) is 30.5 Å². The molecule has 31 heavy (non-hydrogen) atoms. The molecule has 10 heteroatoms. The average molecular weight is 423 g/mol. The summed E-state index contributed by atoms with van der Waals surface area (Å²) >= 11 is 0. The molecule has 0 bridgehead atoms. The van der Waals surface area contributed by atoms with Crippen molar-refractivity contribution in [2.24, 2.45) is 0 Å². The number of aromatic nitrogens is 3. The summed E-state index contributed by atoms with van der Waals surface area (Å²) in [6.45, 7) is 1.88. The van der Waals surface area contributed by atoms with E-state index in [1.54, 1.807) is 13.3 Å². The van der Waals surface area contributed by atoms with E-state index in [9.17, 15) is 14.5 Å². The molecule has 0 aliphatic carbocycles. The van der Waals surface area contributed by atoms with Gasteiger partial charge in [0.1, 0.15) is 11.5 Å². The van der Waals surface area contributed by atoms with Gasteiger partial charge in [0.25, 0.3) is 0 Å². The van der Waals surface area contributed by atoms with E-state index in [0.717, 1.165) is 39.9 Å². The number of rotatable bonds is 6. The molecule has 9 nitrogen and oxygen atoms in total. The topological polar surface area (TPSA) is 115 Å². The van der Waals surface area contributed by atoms with Crippen LogP contribution in [0.1, 0.15) is 5.56 Å². The molecule has 0 saturated carbocycles. The fourth-order valence-electron chi connectivity index (χ4n) is 3.27. The van der Waals surface area contributed by atoms with Crippen molar-refractivity contribution in [3.05, 3.63) is 64.2 Å². The standard InChI is InChI=1S/C21H18FN5O4/c1-11-9-24-21(25-17-8-18(27(28)29)15(22)7-19(17)31-3)26-20(11)14-10-23-16-6-12(30-2)4-5-13(14)16/h4-10,23H,1-3H3,(H,24,25,26). The van der Waals surface area contributed by atoms with Gasteiger partial charge in [-0.3, -0.25) is 10.1 Å². The monoisotopic (exact) mass is 423 g/mol. The maximum absolute atomic E-state index is 13.9. The van der Waals surface area contributed by atoms with Crippen LogP contribution in [0.5, 0.6) is 11.5 Å². The Morgan fingerprint density at radius 3 is 2.71 bits per heavy atom. The van der Waals surface area contributed by atoms with Gasteiger partial charge in [-0.2, -0.15) is 4.39 Å². The smallest absolute Gasteiger partial charge is 0.307 e. The summed E-state index contributed by atoms with van der Waals surface area (Å²) in [5.74, 6) is 0.00970. The van der Waals surface area contributed by atoms with Gasteiger partial charge in [-0.15, -0.1) is 0 Å². The fraction of sp³-hybridized carbons (Fsp3) is 0.143. The van der Waals surface area contributed by atoms with Crippen LogP contribution >= 0.6 is 0 Å². The Kier molecular flexibility index (Phi) is 5.12. The number of aryl methyl sites for hydroxylation is 1. The van der Waals surface area contributed by atoms with Crippen molar-refractivity contribution in [2.45, 2.75) is 6.92 Å². The Balaban J connectivity index is 1.76. The van der Waals surface area contributed by atoms with Crippen molar-refractivity contribution in [2.75, 3.05) is 19.5 Å². The van der Waals surface area contributed by atoms with E-state index in [4.69, 9.17) is 9.47 Å². The highest BCUT2D eigenvalue weighted by Gasteiger charge is 2.20. The van der Waals surface area contributed by atoms with Gasteiger partial charge in [-0.1, -0.05) is 0 Å². The van der Waals surface area contributed by atoms with Crippen molar-refractivity contribution in [3.63, 3.8) is 0 Å². The van der Waals surface area contributed by atoms with E-state index in [-0.39, 0.29) is 17.4 Å². The summed E-state index contributed by atoms with van der Waals surface area (Å²) in [6, 6.07) is 7.67. The molecule has 0 aliphatic heterocycles. The summed E-state index contributed by atoms with van der Waals surface area (Å²) in [4.78, 5) is 22.3. The predicted molar refractivity (Wildman–Crippen MR) is 114 cm³/mol. The molecule has 0 atom stereocenters. The first-order valence-electron chi connectivity index (χ1n) is 9.19. The number of benzene rings is 2. The van der Waals surface area contributed by atoms with E-state index in [2.05, 4.69) is 20.3 Å². The van der Waals surface area contributed by atoms with E-state index in [1.807, 2.05) is 31.3 Å². The van der Waals surface area contributed by atoms with Crippen molar-refractivity contribution in [1.82, 2.24) is 15.0 Å². The molecule has 2 aromatic carbocycles. The second kappa shape index (κ2) is 7.90. The third-order valence-electron chi connectivity index (χ3n) is 4.83. The molecule has 0 fully saturated rings. The number of hydrogen-bond acceptors (Lipinski definition) is 7. The number of halogens is 1. The van der Waals surface area contributed by atoms with E-state index in [0.29, 0.717) is 5.69 Å². The molecular weight excluding hydrogens is 405 g/mol. The molecule has 2 N–H and O–H groups in total. The maximum Gasteiger partial charge on any atom is 0.307 e. The molecule has 0 radical (unpaired) electrons. The number of aromatic amines is 1. The van der Waals surface area contributed by atoms with Gasteiger partial charge in [0.15, 0.2) is 0 Å². The van der Waals surface area contributed by atoms with Crippen LogP contribution in [0.15, 0.2) is 42.7 Å². The number of hydrogen-bond donors (Lipinski definition) is 2. The lowest BCUT2D eigenvalue weighted by atomic mass is 10.1. The lowest BCUT2D eigenvalue weighted by Gasteiger charge is -2.12. The van der Waals surface area contributed by atoms with Gasteiger partial charge in [-0.05, 0) is 24.6 Å². The molecule has 0 aliphatic rings. The van der Waals surface area contributed by atoms with Gasteiger partial charge in [0, 0.05) is 47.1 Å². The maximum atomic E-state index is 13.9. The zero-order chi connectivity index (χ0) is 22.1. The Morgan fingerprint density at radius 2 is 2.00 bits per heavy atom. The first-order valence-corrected chi connectivity index (χ1v) is 9.19. The Labute approximate surface area is 176 Å². The molecule has 0 amide bonds. The Bertz CT molecular complexity index is 1300. The molecule has 0 saturated heterocycles. The molecule has 2 heterocycles. The summed E-state index contributed by atoms with van der Waals surface area (Å²) in [5, 5.41) is 14.9. The third kappa shape index (κ3) is 3.70. The second-order valence-electron chi connectivity index (χ2n) is 6.73. The van der Waals surface area contributed by atoms with Crippen LogP contribution in [0.2, 0.25) is 0 Å². The largest absolute Gasteiger partial charge is 0.497 e. The third-order valence-corrected chi connectivity index (χ3v) is 4.83. The number of H-pyrrole nitrogens is 1. The first kappa shape index (κ1) is 20.1. The minimum Gasteiger partial charge on any atom is -0.497 e. The summed E-state index contributed by atoms with van der Waals surface area (Å²) in [7, 11) is 2.94. The van der Waals surface area contributed by atoms with Gasteiger partial charge < -0.3 is 19.8 Å². The average Bonchev–Trinajstić information content (AvgIpc) is 3.18. The summed E-state index contributed by atoms with van der Waals surface area (Å²) in [6.07, 6.45) is 3.48. The van der Waals surface area contributed by atoms with Gasteiger partial charge in [-0.25, -0.2) is 9.97 Å². The number of anilines is 2. The predicted octanol–water partition coefficient (Wildman–Crippen LogP) is 4.74. The van der Waals surface area contributed by atoms with Crippen molar-refractivity contribution < 1.29 is 18.8 Å².